The molecule has 0 aromatic carbocycles. The van der Waals surface area contributed by atoms with E-state index in [-0.39, 0.29) is 5.78 Å². The summed E-state index contributed by atoms with van der Waals surface area (Å²) in [6.07, 6.45) is 1.72. The van der Waals surface area contributed by atoms with Gasteiger partial charge < -0.3 is 4.90 Å². The van der Waals surface area contributed by atoms with E-state index in [9.17, 15) is 4.79 Å². The van der Waals surface area contributed by atoms with Gasteiger partial charge in [0.1, 0.15) is 11.5 Å². The Kier molecular flexibility index (Phi) is 3.62. The number of ketones is 1. The number of rotatable bonds is 4. The van der Waals surface area contributed by atoms with Crippen molar-refractivity contribution >= 4 is 11.6 Å². The summed E-state index contributed by atoms with van der Waals surface area (Å²) in [5.74, 6) is 0.762. The van der Waals surface area contributed by atoms with Gasteiger partial charge in [0, 0.05) is 13.2 Å². The molecule has 0 aliphatic carbocycles. The van der Waals surface area contributed by atoms with E-state index in [4.69, 9.17) is 0 Å². The summed E-state index contributed by atoms with van der Waals surface area (Å²) in [6.45, 7) is 1.88. The molecular weight excluding hydrogens is 228 g/mol. The van der Waals surface area contributed by atoms with Gasteiger partial charge in [-0.05, 0) is 31.2 Å². The first-order chi connectivity index (χ1) is 8.66. The van der Waals surface area contributed by atoms with Crippen molar-refractivity contribution in [2.24, 2.45) is 0 Å². The first-order valence-corrected chi connectivity index (χ1v) is 5.62. The number of carbonyl (C=O) groups excluding carboxylic acids is 1. The Labute approximate surface area is 105 Å². The summed E-state index contributed by atoms with van der Waals surface area (Å²) in [6, 6.07) is 9.32. The molecule has 2 aromatic heterocycles. The lowest BCUT2D eigenvalue weighted by Crippen LogP contribution is -2.24. The Hall–Kier alpha value is -2.30. The van der Waals surface area contributed by atoms with Crippen LogP contribution in [0.15, 0.2) is 36.5 Å². The molecule has 0 aliphatic rings. The zero-order chi connectivity index (χ0) is 13.0. The highest BCUT2D eigenvalue weighted by Crippen LogP contribution is 2.15. The topological polar surface area (TPSA) is 59.0 Å². The van der Waals surface area contributed by atoms with E-state index < -0.39 is 0 Å². The van der Waals surface area contributed by atoms with Crippen molar-refractivity contribution in [1.82, 2.24) is 15.2 Å². The smallest absolute Gasteiger partial charge is 0.151 e. The van der Waals surface area contributed by atoms with Crippen molar-refractivity contribution in [2.45, 2.75) is 6.92 Å². The minimum Gasteiger partial charge on any atom is -0.351 e. The summed E-state index contributed by atoms with van der Waals surface area (Å²) in [5, 5.41) is 8.20. The Bertz CT molecular complexity index is 524. The predicted molar refractivity (Wildman–Crippen MR) is 69.2 cm³/mol. The van der Waals surface area contributed by atoms with Crippen molar-refractivity contribution in [2.75, 3.05) is 18.5 Å². The maximum atomic E-state index is 11.0. The summed E-state index contributed by atoms with van der Waals surface area (Å²) in [5.41, 5.74) is 1.50. The van der Waals surface area contributed by atoms with Gasteiger partial charge in [0.15, 0.2) is 5.82 Å². The molecule has 2 rings (SSSR count). The molecule has 0 spiro atoms. The number of Topliss-reactive ketones (excluding diaryl/α,β-unsaturated/α-hetero) is 1. The molecule has 2 heterocycles. The maximum Gasteiger partial charge on any atom is 0.151 e. The molecule has 0 bridgehead atoms. The van der Waals surface area contributed by atoms with Crippen LogP contribution in [0.3, 0.4) is 0 Å². The van der Waals surface area contributed by atoms with Gasteiger partial charge in [0.05, 0.1) is 12.2 Å². The molecule has 0 saturated carbocycles. The third-order valence-corrected chi connectivity index (χ3v) is 2.43. The average molecular weight is 242 g/mol. The lowest BCUT2D eigenvalue weighted by molar-refractivity contribution is -0.115. The summed E-state index contributed by atoms with van der Waals surface area (Å²) >= 11 is 0. The second-order valence-corrected chi connectivity index (χ2v) is 4.05. The number of carbonyl (C=O) groups is 1. The summed E-state index contributed by atoms with van der Waals surface area (Å²) in [4.78, 5) is 17.0. The van der Waals surface area contributed by atoms with Gasteiger partial charge in [-0.1, -0.05) is 6.07 Å². The first kappa shape index (κ1) is 12.2. The second kappa shape index (κ2) is 5.35. The molecule has 0 N–H and O–H groups in total. The number of likely N-dealkylation sites (N-methyl/N-ethyl adjacent to an activating group) is 1. The van der Waals surface area contributed by atoms with Crippen molar-refractivity contribution in [3.63, 3.8) is 0 Å². The van der Waals surface area contributed by atoms with Gasteiger partial charge in [-0.3, -0.25) is 9.78 Å². The van der Waals surface area contributed by atoms with Gasteiger partial charge in [-0.15, -0.1) is 10.2 Å². The molecule has 0 saturated heterocycles. The van der Waals surface area contributed by atoms with E-state index >= 15 is 0 Å². The fourth-order valence-corrected chi connectivity index (χ4v) is 1.59. The van der Waals surface area contributed by atoms with Crippen molar-refractivity contribution in [1.29, 1.82) is 0 Å². The largest absolute Gasteiger partial charge is 0.351 e. The van der Waals surface area contributed by atoms with Gasteiger partial charge in [0.2, 0.25) is 0 Å². The fourth-order valence-electron chi connectivity index (χ4n) is 1.59. The molecule has 0 aliphatic heterocycles. The van der Waals surface area contributed by atoms with Crippen LogP contribution in [0.5, 0.6) is 0 Å². The Balaban J connectivity index is 2.18. The molecule has 92 valence electrons. The van der Waals surface area contributed by atoms with E-state index in [0.29, 0.717) is 12.4 Å². The summed E-state index contributed by atoms with van der Waals surface area (Å²) < 4.78 is 0. The van der Waals surface area contributed by atoms with Crippen LogP contribution in [0.1, 0.15) is 6.92 Å². The van der Waals surface area contributed by atoms with E-state index in [2.05, 4.69) is 15.2 Å². The van der Waals surface area contributed by atoms with E-state index in [1.165, 1.54) is 0 Å². The molecule has 5 nitrogen and oxygen atoms in total. The third kappa shape index (κ3) is 2.88. The summed E-state index contributed by atoms with van der Waals surface area (Å²) in [7, 11) is 1.81. The monoisotopic (exact) mass is 242 g/mol. The van der Waals surface area contributed by atoms with Crippen LogP contribution in [0.4, 0.5) is 5.82 Å². The third-order valence-electron chi connectivity index (χ3n) is 2.43. The molecule has 0 unspecified atom stereocenters. The molecular formula is C13H14N4O. The molecule has 0 atom stereocenters. The lowest BCUT2D eigenvalue weighted by atomic mass is 10.2. The minimum atomic E-state index is 0.0908. The number of anilines is 1. The van der Waals surface area contributed by atoms with E-state index in [1.54, 1.807) is 18.0 Å². The van der Waals surface area contributed by atoms with Crippen LogP contribution < -0.4 is 4.90 Å². The zero-order valence-corrected chi connectivity index (χ0v) is 10.4. The number of pyridine rings is 1. The van der Waals surface area contributed by atoms with Crippen molar-refractivity contribution in [3.8, 4) is 11.4 Å². The molecule has 18 heavy (non-hydrogen) atoms. The van der Waals surface area contributed by atoms with Gasteiger partial charge in [-0.2, -0.15) is 0 Å². The van der Waals surface area contributed by atoms with Crippen LogP contribution in [-0.4, -0.2) is 34.6 Å². The maximum absolute atomic E-state index is 11.0. The standard InChI is InChI=1S/C13H14N4O/c1-10(18)9-17(2)13-7-6-12(15-16-13)11-5-3-4-8-14-11/h3-8H,9H2,1-2H3. The lowest BCUT2D eigenvalue weighted by Gasteiger charge is -2.15. The number of hydrogen-bond acceptors (Lipinski definition) is 5. The number of nitrogens with zero attached hydrogens (tertiary/aromatic N) is 4. The highest BCUT2D eigenvalue weighted by atomic mass is 16.1. The number of hydrogen-bond donors (Lipinski definition) is 0. The van der Waals surface area contributed by atoms with Crippen molar-refractivity contribution < 1.29 is 4.79 Å². The number of aromatic nitrogens is 3. The normalized spacial score (nSPS) is 10.1. The second-order valence-electron chi connectivity index (χ2n) is 4.05. The molecule has 0 fully saturated rings. The van der Waals surface area contributed by atoms with E-state index in [1.807, 2.05) is 37.4 Å². The highest BCUT2D eigenvalue weighted by Gasteiger charge is 2.07. The molecule has 2 aromatic rings. The average Bonchev–Trinajstić information content (AvgIpc) is 2.39. The SMILES string of the molecule is CC(=O)CN(C)c1ccc(-c2ccccn2)nn1. The van der Waals surface area contributed by atoms with Gasteiger partial charge >= 0.3 is 0 Å². The Morgan fingerprint density at radius 3 is 2.56 bits per heavy atom. The van der Waals surface area contributed by atoms with Crippen LogP contribution in [0.25, 0.3) is 11.4 Å². The van der Waals surface area contributed by atoms with Crippen LogP contribution in [-0.2, 0) is 4.79 Å². The molecule has 0 radical (unpaired) electrons. The van der Waals surface area contributed by atoms with Crippen molar-refractivity contribution in [3.05, 3.63) is 36.5 Å². The van der Waals surface area contributed by atoms with E-state index in [0.717, 1.165) is 11.4 Å². The predicted octanol–water partition coefficient (Wildman–Crippen LogP) is 1.56. The van der Waals surface area contributed by atoms with Gasteiger partial charge in [-0.25, -0.2) is 0 Å². The van der Waals surface area contributed by atoms with Crippen LogP contribution in [0, 0.1) is 0 Å². The zero-order valence-electron chi connectivity index (χ0n) is 10.4. The molecule has 5 heteroatoms. The highest BCUT2D eigenvalue weighted by molar-refractivity contribution is 5.80. The fraction of sp³-hybridized carbons (Fsp3) is 0.231. The van der Waals surface area contributed by atoms with Crippen LogP contribution >= 0.6 is 0 Å². The minimum absolute atomic E-state index is 0.0908. The van der Waals surface area contributed by atoms with Crippen LogP contribution in [0.2, 0.25) is 0 Å². The Morgan fingerprint density at radius 2 is 2.00 bits per heavy atom. The Morgan fingerprint density at radius 1 is 1.17 bits per heavy atom. The van der Waals surface area contributed by atoms with Gasteiger partial charge in [0.25, 0.3) is 0 Å². The molecule has 0 amide bonds. The first-order valence-electron chi connectivity index (χ1n) is 5.62. The quantitative estimate of drug-likeness (QED) is 0.814.